The zero-order chi connectivity index (χ0) is 21.7. The number of carbonyl (C=O) groups excluding carboxylic acids is 2. The van der Waals surface area contributed by atoms with E-state index in [0.717, 1.165) is 16.5 Å². The number of aromatic nitrogens is 1. The molecule has 2 unspecified atom stereocenters. The van der Waals surface area contributed by atoms with Gasteiger partial charge in [0, 0.05) is 42.2 Å². The SMILES string of the molecule is CC(NC(=O)CCC(=O)NC(c1cccnc1)c1cc2ccccc2o1)C(C)(C)C. The first-order valence-corrected chi connectivity index (χ1v) is 10.2. The summed E-state index contributed by atoms with van der Waals surface area (Å²) < 4.78 is 5.98. The second-order valence-electron chi connectivity index (χ2n) is 8.63. The molecule has 0 aliphatic carbocycles. The number of rotatable bonds is 7. The van der Waals surface area contributed by atoms with Crippen LogP contribution in [0.3, 0.4) is 0 Å². The molecule has 2 atom stereocenters. The van der Waals surface area contributed by atoms with Crippen LogP contribution in [0.4, 0.5) is 0 Å². The third kappa shape index (κ3) is 5.47. The Morgan fingerprint density at radius 1 is 1.03 bits per heavy atom. The maximum Gasteiger partial charge on any atom is 0.221 e. The molecule has 0 bridgehead atoms. The van der Waals surface area contributed by atoms with Crippen LogP contribution < -0.4 is 10.6 Å². The lowest BCUT2D eigenvalue weighted by atomic mass is 9.88. The monoisotopic (exact) mass is 407 g/mol. The Labute approximate surface area is 177 Å². The number of carbonyl (C=O) groups is 2. The van der Waals surface area contributed by atoms with Gasteiger partial charge in [-0.3, -0.25) is 14.6 Å². The third-order valence-electron chi connectivity index (χ3n) is 5.31. The van der Waals surface area contributed by atoms with Gasteiger partial charge in [0.1, 0.15) is 17.4 Å². The van der Waals surface area contributed by atoms with Crippen LogP contribution in [-0.2, 0) is 9.59 Å². The van der Waals surface area contributed by atoms with Crippen LogP contribution >= 0.6 is 0 Å². The van der Waals surface area contributed by atoms with Gasteiger partial charge in [0.2, 0.25) is 11.8 Å². The number of para-hydroxylation sites is 1. The number of pyridine rings is 1. The van der Waals surface area contributed by atoms with Crippen molar-refractivity contribution in [2.75, 3.05) is 0 Å². The molecule has 6 heteroatoms. The van der Waals surface area contributed by atoms with Gasteiger partial charge in [-0.25, -0.2) is 0 Å². The highest BCUT2D eigenvalue weighted by Crippen LogP contribution is 2.28. The van der Waals surface area contributed by atoms with E-state index in [0.29, 0.717) is 5.76 Å². The van der Waals surface area contributed by atoms with E-state index >= 15 is 0 Å². The molecule has 0 aliphatic rings. The smallest absolute Gasteiger partial charge is 0.221 e. The van der Waals surface area contributed by atoms with Crippen molar-refractivity contribution in [2.45, 2.75) is 52.6 Å². The first kappa shape index (κ1) is 21.6. The predicted octanol–water partition coefficient (Wildman–Crippen LogP) is 4.36. The molecule has 3 rings (SSSR count). The quantitative estimate of drug-likeness (QED) is 0.609. The number of hydrogen-bond donors (Lipinski definition) is 2. The maximum atomic E-state index is 12.6. The van der Waals surface area contributed by atoms with Gasteiger partial charge in [-0.1, -0.05) is 45.0 Å². The number of fused-ring (bicyclic) bond motifs is 1. The van der Waals surface area contributed by atoms with Crippen molar-refractivity contribution in [1.29, 1.82) is 0 Å². The molecule has 30 heavy (non-hydrogen) atoms. The van der Waals surface area contributed by atoms with Gasteiger partial charge < -0.3 is 15.1 Å². The Balaban J connectivity index is 1.69. The fourth-order valence-corrected chi connectivity index (χ4v) is 3.00. The minimum atomic E-state index is -0.477. The molecule has 0 spiro atoms. The molecule has 2 aromatic heterocycles. The number of benzene rings is 1. The summed E-state index contributed by atoms with van der Waals surface area (Å²) >= 11 is 0. The Kier molecular flexibility index (Phi) is 6.55. The summed E-state index contributed by atoms with van der Waals surface area (Å²) in [6.07, 6.45) is 3.61. The average Bonchev–Trinajstić information content (AvgIpc) is 3.14. The first-order valence-electron chi connectivity index (χ1n) is 10.2. The van der Waals surface area contributed by atoms with Gasteiger partial charge >= 0.3 is 0 Å². The van der Waals surface area contributed by atoms with Crippen molar-refractivity contribution >= 4 is 22.8 Å². The van der Waals surface area contributed by atoms with E-state index < -0.39 is 6.04 Å². The zero-order valence-electron chi connectivity index (χ0n) is 17.9. The number of hydrogen-bond acceptors (Lipinski definition) is 4. The molecule has 2 amide bonds. The highest BCUT2D eigenvalue weighted by Gasteiger charge is 2.23. The van der Waals surface area contributed by atoms with Crippen molar-refractivity contribution in [3.63, 3.8) is 0 Å². The molecule has 3 aromatic rings. The fraction of sp³-hybridized carbons (Fsp3) is 0.375. The lowest BCUT2D eigenvalue weighted by Gasteiger charge is -2.28. The molecule has 1 aromatic carbocycles. The minimum absolute atomic E-state index is 0.0201. The number of nitrogens with one attached hydrogen (secondary N) is 2. The summed E-state index contributed by atoms with van der Waals surface area (Å²) in [4.78, 5) is 29.0. The second-order valence-corrected chi connectivity index (χ2v) is 8.63. The largest absolute Gasteiger partial charge is 0.459 e. The van der Waals surface area contributed by atoms with Crippen LogP contribution in [0, 0.1) is 5.41 Å². The number of nitrogens with zero attached hydrogens (tertiary/aromatic N) is 1. The maximum absolute atomic E-state index is 12.6. The Morgan fingerprint density at radius 2 is 1.73 bits per heavy atom. The van der Waals surface area contributed by atoms with Crippen LogP contribution in [0.25, 0.3) is 11.0 Å². The van der Waals surface area contributed by atoms with Crippen molar-refractivity contribution < 1.29 is 14.0 Å². The van der Waals surface area contributed by atoms with Gasteiger partial charge in [0.25, 0.3) is 0 Å². The molecule has 0 saturated heterocycles. The van der Waals surface area contributed by atoms with Gasteiger partial charge in [0.15, 0.2) is 0 Å². The second kappa shape index (κ2) is 9.11. The standard InChI is InChI=1S/C24H29N3O3/c1-16(24(2,3)4)26-21(28)11-12-22(29)27-23(18-9-7-13-25-15-18)20-14-17-8-5-6-10-19(17)30-20/h5-10,13-16,23H,11-12H2,1-4H3,(H,26,28)(H,27,29). The summed E-state index contributed by atoms with van der Waals surface area (Å²) in [5, 5.41) is 6.92. The van der Waals surface area contributed by atoms with Gasteiger partial charge in [0.05, 0.1) is 0 Å². The van der Waals surface area contributed by atoms with Crippen LogP contribution in [0.5, 0.6) is 0 Å². The Bertz CT molecular complexity index is 972. The Hall–Kier alpha value is -3.15. The van der Waals surface area contributed by atoms with Crippen molar-refractivity contribution in [3.8, 4) is 0 Å². The lowest BCUT2D eigenvalue weighted by Crippen LogP contribution is -2.41. The van der Waals surface area contributed by atoms with Crippen LogP contribution in [-0.4, -0.2) is 22.8 Å². The van der Waals surface area contributed by atoms with Crippen LogP contribution in [0.2, 0.25) is 0 Å². The molecule has 0 saturated carbocycles. The lowest BCUT2D eigenvalue weighted by molar-refractivity contribution is -0.127. The highest BCUT2D eigenvalue weighted by atomic mass is 16.3. The van der Waals surface area contributed by atoms with E-state index in [2.05, 4.69) is 36.4 Å². The van der Waals surface area contributed by atoms with Crippen LogP contribution in [0.15, 0.2) is 59.3 Å². The molecule has 0 fully saturated rings. The normalized spacial score (nSPS) is 13.6. The molecule has 0 radical (unpaired) electrons. The van der Waals surface area contributed by atoms with Crippen LogP contribution in [0.1, 0.15) is 57.9 Å². The summed E-state index contributed by atoms with van der Waals surface area (Å²) in [5.74, 6) is 0.278. The fourth-order valence-electron chi connectivity index (χ4n) is 3.00. The summed E-state index contributed by atoms with van der Waals surface area (Å²) in [6.45, 7) is 8.17. The third-order valence-corrected chi connectivity index (χ3v) is 5.31. The molecular weight excluding hydrogens is 378 g/mol. The Morgan fingerprint density at radius 3 is 2.37 bits per heavy atom. The van der Waals surface area contributed by atoms with E-state index in [1.807, 2.05) is 49.4 Å². The van der Waals surface area contributed by atoms with Crippen molar-refractivity contribution in [1.82, 2.24) is 15.6 Å². The number of furan rings is 1. The van der Waals surface area contributed by atoms with E-state index in [-0.39, 0.29) is 36.1 Å². The highest BCUT2D eigenvalue weighted by molar-refractivity contribution is 5.84. The van der Waals surface area contributed by atoms with Crippen molar-refractivity contribution in [2.24, 2.45) is 5.41 Å². The minimum Gasteiger partial charge on any atom is -0.459 e. The van der Waals surface area contributed by atoms with Crippen molar-refractivity contribution in [3.05, 3.63) is 66.2 Å². The molecular formula is C24H29N3O3. The summed E-state index contributed by atoms with van der Waals surface area (Å²) in [6, 6.07) is 12.9. The first-order chi connectivity index (χ1) is 14.2. The molecule has 0 aliphatic heterocycles. The topological polar surface area (TPSA) is 84.2 Å². The van der Waals surface area contributed by atoms with E-state index in [9.17, 15) is 9.59 Å². The van der Waals surface area contributed by atoms with E-state index in [4.69, 9.17) is 4.42 Å². The summed E-state index contributed by atoms with van der Waals surface area (Å²) in [5.41, 5.74) is 1.53. The average molecular weight is 408 g/mol. The van der Waals surface area contributed by atoms with Gasteiger partial charge in [-0.05, 0) is 30.5 Å². The van der Waals surface area contributed by atoms with E-state index in [1.165, 1.54) is 0 Å². The molecule has 6 nitrogen and oxygen atoms in total. The summed E-state index contributed by atoms with van der Waals surface area (Å²) in [7, 11) is 0. The van der Waals surface area contributed by atoms with E-state index in [1.54, 1.807) is 12.4 Å². The molecule has 2 heterocycles. The predicted molar refractivity (Wildman–Crippen MR) is 117 cm³/mol. The van der Waals surface area contributed by atoms with Gasteiger partial charge in [-0.2, -0.15) is 0 Å². The number of amides is 2. The zero-order valence-corrected chi connectivity index (χ0v) is 17.9. The van der Waals surface area contributed by atoms with Gasteiger partial charge in [-0.15, -0.1) is 0 Å². The molecule has 158 valence electrons. The molecule has 2 N–H and O–H groups in total.